The van der Waals surface area contributed by atoms with Crippen LogP contribution in [0.4, 0.5) is 5.69 Å². The molecule has 0 aromatic heterocycles. The van der Waals surface area contributed by atoms with E-state index < -0.39 is 0 Å². The Labute approximate surface area is 125 Å². The number of phenolic OH excluding ortho intramolecular Hbond substituents is 1. The number of phenols is 1. The first-order valence-corrected chi connectivity index (χ1v) is 6.75. The average Bonchev–Trinajstić information content (AvgIpc) is 2.44. The van der Waals surface area contributed by atoms with Gasteiger partial charge in [0.15, 0.2) is 11.5 Å². The van der Waals surface area contributed by atoms with E-state index in [-0.39, 0.29) is 17.4 Å². The molecule has 0 radical (unpaired) electrons. The molecule has 1 amide bonds. The van der Waals surface area contributed by atoms with Gasteiger partial charge >= 0.3 is 0 Å². The van der Waals surface area contributed by atoms with Crippen molar-refractivity contribution in [3.8, 4) is 11.5 Å². The first kappa shape index (κ1) is 14.4. The van der Waals surface area contributed by atoms with Crippen LogP contribution in [-0.4, -0.2) is 18.1 Å². The third-order valence-electron chi connectivity index (χ3n) is 2.82. The maximum absolute atomic E-state index is 12.2. The maximum Gasteiger partial charge on any atom is 0.255 e. The predicted molar refractivity (Wildman–Crippen MR) is 81.5 cm³/mol. The molecule has 0 saturated heterocycles. The van der Waals surface area contributed by atoms with Crippen LogP contribution in [0.25, 0.3) is 0 Å². The second-order valence-corrected chi connectivity index (χ2v) is 5.18. The minimum atomic E-state index is -0.271. The van der Waals surface area contributed by atoms with Crippen molar-refractivity contribution in [2.45, 2.75) is 6.92 Å². The number of methoxy groups -OCH3 is 1. The molecule has 0 aliphatic heterocycles. The monoisotopic (exact) mass is 335 g/mol. The molecule has 2 aromatic rings. The van der Waals surface area contributed by atoms with Gasteiger partial charge in [0.25, 0.3) is 5.91 Å². The smallest absolute Gasteiger partial charge is 0.255 e. The highest BCUT2D eigenvalue weighted by atomic mass is 79.9. The summed E-state index contributed by atoms with van der Waals surface area (Å²) in [5, 5.41) is 12.5. The minimum absolute atomic E-state index is 0.0283. The molecule has 0 saturated carbocycles. The molecular weight excluding hydrogens is 322 g/mol. The van der Waals surface area contributed by atoms with Gasteiger partial charge in [-0.05, 0) is 47.1 Å². The van der Waals surface area contributed by atoms with Crippen LogP contribution in [0.2, 0.25) is 0 Å². The minimum Gasteiger partial charge on any atom is -0.503 e. The van der Waals surface area contributed by atoms with E-state index in [2.05, 4.69) is 21.2 Å². The lowest BCUT2D eigenvalue weighted by atomic mass is 10.1. The van der Waals surface area contributed by atoms with Crippen LogP contribution >= 0.6 is 15.9 Å². The Bertz CT molecular complexity index is 638. The Morgan fingerprint density at radius 1 is 1.25 bits per heavy atom. The standard InChI is InChI=1S/C15H14BrNO3/c1-9-3-5-11(6-4-9)17-15(19)10-7-12(16)14(18)13(8-10)20-2/h3-8,18H,1-2H3,(H,17,19). The van der Waals surface area contributed by atoms with E-state index in [9.17, 15) is 9.90 Å². The lowest BCUT2D eigenvalue weighted by molar-refractivity contribution is 0.102. The third kappa shape index (κ3) is 3.11. The Balaban J connectivity index is 2.25. The summed E-state index contributed by atoms with van der Waals surface area (Å²) in [5.41, 5.74) is 2.23. The van der Waals surface area contributed by atoms with Gasteiger partial charge in [0.1, 0.15) is 0 Å². The highest BCUT2D eigenvalue weighted by Crippen LogP contribution is 2.35. The van der Waals surface area contributed by atoms with E-state index in [1.54, 1.807) is 6.07 Å². The number of anilines is 1. The number of carbonyl (C=O) groups excluding carboxylic acids is 1. The molecule has 0 aliphatic carbocycles. The molecule has 0 aliphatic rings. The van der Waals surface area contributed by atoms with E-state index in [1.165, 1.54) is 13.2 Å². The number of ether oxygens (including phenoxy) is 1. The van der Waals surface area contributed by atoms with E-state index in [4.69, 9.17) is 4.74 Å². The zero-order valence-corrected chi connectivity index (χ0v) is 12.7. The Morgan fingerprint density at radius 3 is 2.50 bits per heavy atom. The third-order valence-corrected chi connectivity index (χ3v) is 3.42. The largest absolute Gasteiger partial charge is 0.503 e. The fourth-order valence-corrected chi connectivity index (χ4v) is 2.14. The van der Waals surface area contributed by atoms with Gasteiger partial charge in [-0.1, -0.05) is 17.7 Å². The van der Waals surface area contributed by atoms with Crippen LogP contribution in [0.1, 0.15) is 15.9 Å². The number of aromatic hydroxyl groups is 1. The van der Waals surface area contributed by atoms with Crippen molar-refractivity contribution in [2.75, 3.05) is 12.4 Å². The molecule has 2 aromatic carbocycles. The lowest BCUT2D eigenvalue weighted by Gasteiger charge is -2.09. The number of benzene rings is 2. The van der Waals surface area contributed by atoms with Crippen molar-refractivity contribution in [3.63, 3.8) is 0 Å². The van der Waals surface area contributed by atoms with Crippen LogP contribution in [0.3, 0.4) is 0 Å². The molecule has 0 unspecified atom stereocenters. The van der Waals surface area contributed by atoms with Gasteiger partial charge < -0.3 is 15.2 Å². The number of amides is 1. The summed E-state index contributed by atoms with van der Waals surface area (Å²) < 4.78 is 5.43. The predicted octanol–water partition coefficient (Wildman–Crippen LogP) is 3.72. The first-order valence-electron chi connectivity index (χ1n) is 5.96. The summed E-state index contributed by atoms with van der Waals surface area (Å²) in [6.45, 7) is 1.98. The van der Waals surface area contributed by atoms with Crippen LogP contribution < -0.4 is 10.1 Å². The maximum atomic E-state index is 12.2. The molecule has 0 atom stereocenters. The van der Waals surface area contributed by atoms with Crippen molar-refractivity contribution in [1.29, 1.82) is 0 Å². The zero-order valence-electron chi connectivity index (χ0n) is 11.1. The van der Waals surface area contributed by atoms with E-state index >= 15 is 0 Å². The molecule has 0 heterocycles. The average molecular weight is 336 g/mol. The van der Waals surface area contributed by atoms with Gasteiger partial charge in [-0.15, -0.1) is 0 Å². The van der Waals surface area contributed by atoms with Crippen LogP contribution in [0, 0.1) is 6.92 Å². The highest BCUT2D eigenvalue weighted by Gasteiger charge is 2.13. The van der Waals surface area contributed by atoms with Crippen LogP contribution in [0.15, 0.2) is 40.9 Å². The van der Waals surface area contributed by atoms with Gasteiger partial charge in [-0.2, -0.15) is 0 Å². The van der Waals surface area contributed by atoms with E-state index in [1.807, 2.05) is 31.2 Å². The molecule has 0 bridgehead atoms. The summed E-state index contributed by atoms with van der Waals surface area (Å²) in [6.07, 6.45) is 0. The van der Waals surface area contributed by atoms with Crippen LogP contribution in [-0.2, 0) is 0 Å². The van der Waals surface area contributed by atoms with Crippen molar-refractivity contribution in [2.24, 2.45) is 0 Å². The quantitative estimate of drug-likeness (QED) is 0.898. The van der Waals surface area contributed by atoms with Crippen molar-refractivity contribution in [1.82, 2.24) is 0 Å². The molecule has 5 heteroatoms. The van der Waals surface area contributed by atoms with Gasteiger partial charge in [0, 0.05) is 11.3 Å². The van der Waals surface area contributed by atoms with E-state index in [0.29, 0.717) is 15.7 Å². The normalized spacial score (nSPS) is 10.2. The summed E-state index contributed by atoms with van der Waals surface area (Å²) in [5.74, 6) is -0.0549. The summed E-state index contributed by atoms with van der Waals surface area (Å²) in [7, 11) is 1.43. The van der Waals surface area contributed by atoms with Crippen molar-refractivity contribution < 1.29 is 14.6 Å². The molecule has 0 fully saturated rings. The number of nitrogens with one attached hydrogen (secondary N) is 1. The molecule has 104 valence electrons. The fraction of sp³-hybridized carbons (Fsp3) is 0.133. The second kappa shape index (κ2) is 5.96. The first-order chi connectivity index (χ1) is 9.51. The molecule has 4 nitrogen and oxygen atoms in total. The Morgan fingerprint density at radius 2 is 1.90 bits per heavy atom. The van der Waals surface area contributed by atoms with Gasteiger partial charge in [0.2, 0.25) is 0 Å². The number of hydrogen-bond acceptors (Lipinski definition) is 3. The second-order valence-electron chi connectivity index (χ2n) is 4.33. The molecule has 20 heavy (non-hydrogen) atoms. The fourth-order valence-electron chi connectivity index (χ4n) is 1.70. The topological polar surface area (TPSA) is 58.6 Å². The number of aryl methyl sites for hydroxylation is 1. The van der Waals surface area contributed by atoms with Crippen molar-refractivity contribution >= 4 is 27.5 Å². The van der Waals surface area contributed by atoms with Gasteiger partial charge in [-0.3, -0.25) is 4.79 Å². The van der Waals surface area contributed by atoms with Gasteiger partial charge in [-0.25, -0.2) is 0 Å². The number of rotatable bonds is 3. The number of carbonyl (C=O) groups is 1. The lowest BCUT2D eigenvalue weighted by Crippen LogP contribution is -2.12. The van der Waals surface area contributed by atoms with Crippen molar-refractivity contribution in [3.05, 3.63) is 52.0 Å². The number of halogens is 1. The van der Waals surface area contributed by atoms with Gasteiger partial charge in [0.05, 0.1) is 11.6 Å². The Kier molecular flexibility index (Phi) is 4.29. The highest BCUT2D eigenvalue weighted by molar-refractivity contribution is 9.10. The molecule has 2 rings (SSSR count). The van der Waals surface area contributed by atoms with Crippen LogP contribution in [0.5, 0.6) is 11.5 Å². The molecule has 2 N–H and O–H groups in total. The molecular formula is C15H14BrNO3. The summed E-state index contributed by atoms with van der Waals surface area (Å²) >= 11 is 3.19. The van der Waals surface area contributed by atoms with E-state index in [0.717, 1.165) is 5.56 Å². The Hall–Kier alpha value is -2.01. The number of hydrogen-bond donors (Lipinski definition) is 2. The zero-order chi connectivity index (χ0) is 14.7. The summed E-state index contributed by atoms with van der Waals surface area (Å²) in [4.78, 5) is 12.2. The SMILES string of the molecule is COc1cc(C(=O)Nc2ccc(C)cc2)cc(Br)c1O. The summed E-state index contributed by atoms with van der Waals surface area (Å²) in [6, 6.07) is 10.5. The molecule has 0 spiro atoms.